The van der Waals surface area contributed by atoms with Crippen molar-refractivity contribution < 1.29 is 4.74 Å². The number of aromatic nitrogens is 1. The molecule has 0 saturated carbocycles. The number of methoxy groups -OCH3 is 1. The fourth-order valence-corrected chi connectivity index (χ4v) is 2.33. The van der Waals surface area contributed by atoms with Crippen molar-refractivity contribution >= 4 is 22.4 Å². The van der Waals surface area contributed by atoms with Gasteiger partial charge in [-0.3, -0.25) is 0 Å². The van der Waals surface area contributed by atoms with Crippen LogP contribution in [0.3, 0.4) is 0 Å². The molecule has 0 aliphatic carbocycles. The zero-order valence-corrected chi connectivity index (χ0v) is 10.4. The summed E-state index contributed by atoms with van der Waals surface area (Å²) in [6.45, 7) is 4.24. The van der Waals surface area contributed by atoms with E-state index in [0.717, 1.165) is 21.4 Å². The lowest BCUT2D eigenvalue weighted by Crippen LogP contribution is -1.96. The number of rotatable bonds is 2. The number of pyridine rings is 1. The molecule has 0 saturated heterocycles. The van der Waals surface area contributed by atoms with Gasteiger partial charge in [0.05, 0.1) is 7.11 Å². The molecule has 0 fully saturated rings. The van der Waals surface area contributed by atoms with E-state index >= 15 is 0 Å². The molecule has 0 amide bonds. The Kier molecular flexibility index (Phi) is 3.01. The molecular weight excluding hydrogens is 222 g/mol. The molecule has 0 aliphatic rings. The molecule has 0 unspecified atom stereocenters. The first-order chi connectivity index (χ1) is 7.65. The van der Waals surface area contributed by atoms with Crippen LogP contribution in [0.25, 0.3) is 10.8 Å². The number of fused-ring (bicyclic) bond motifs is 1. The molecule has 0 atom stereocenters. The van der Waals surface area contributed by atoms with Gasteiger partial charge in [0.25, 0.3) is 0 Å². The molecular formula is C13H14ClNO. The number of halogens is 1. The first-order valence-electron chi connectivity index (χ1n) is 5.26. The first-order valence-corrected chi connectivity index (χ1v) is 5.64. The summed E-state index contributed by atoms with van der Waals surface area (Å²) in [5, 5.41) is 2.90. The van der Waals surface area contributed by atoms with Crippen LogP contribution in [0, 0.1) is 0 Å². The third-order valence-corrected chi connectivity index (χ3v) is 2.98. The standard InChI is InChI=1S/C13H14ClNO/c1-8(2)11-10(14)5-4-9-6-7-15-13(16-3)12(9)11/h4-8H,1-3H3. The summed E-state index contributed by atoms with van der Waals surface area (Å²) in [7, 11) is 1.63. The van der Waals surface area contributed by atoms with Crippen molar-refractivity contribution in [3.8, 4) is 5.88 Å². The maximum absolute atomic E-state index is 6.24. The SMILES string of the molecule is COc1nccc2ccc(Cl)c(C(C)C)c12. The van der Waals surface area contributed by atoms with Gasteiger partial charge < -0.3 is 4.74 Å². The molecule has 2 aromatic rings. The normalized spacial score (nSPS) is 11.1. The van der Waals surface area contributed by atoms with Crippen molar-refractivity contribution in [1.29, 1.82) is 0 Å². The predicted octanol–water partition coefficient (Wildman–Crippen LogP) is 4.02. The Bertz CT molecular complexity index is 523. The summed E-state index contributed by atoms with van der Waals surface area (Å²) in [6, 6.07) is 5.90. The lowest BCUT2D eigenvalue weighted by molar-refractivity contribution is 0.403. The van der Waals surface area contributed by atoms with Crippen molar-refractivity contribution in [1.82, 2.24) is 4.98 Å². The van der Waals surface area contributed by atoms with E-state index in [1.165, 1.54) is 0 Å². The summed E-state index contributed by atoms with van der Waals surface area (Å²) in [5.41, 5.74) is 1.10. The number of benzene rings is 1. The van der Waals surface area contributed by atoms with Gasteiger partial charge in [0.2, 0.25) is 5.88 Å². The van der Waals surface area contributed by atoms with Crippen LogP contribution in [0.5, 0.6) is 5.88 Å². The highest BCUT2D eigenvalue weighted by atomic mass is 35.5. The molecule has 0 spiro atoms. The Morgan fingerprint density at radius 1 is 1.25 bits per heavy atom. The van der Waals surface area contributed by atoms with Gasteiger partial charge in [-0.25, -0.2) is 4.98 Å². The number of hydrogen-bond acceptors (Lipinski definition) is 2. The number of hydrogen-bond donors (Lipinski definition) is 0. The Hall–Kier alpha value is -1.28. The van der Waals surface area contributed by atoms with E-state index in [9.17, 15) is 0 Å². The Balaban J connectivity index is 2.88. The van der Waals surface area contributed by atoms with Crippen LogP contribution >= 0.6 is 11.6 Å². The van der Waals surface area contributed by atoms with Gasteiger partial charge in [0, 0.05) is 16.6 Å². The summed E-state index contributed by atoms with van der Waals surface area (Å²) < 4.78 is 5.30. The Labute approximate surface area is 100 Å². The lowest BCUT2D eigenvalue weighted by atomic mass is 9.97. The van der Waals surface area contributed by atoms with Crippen molar-refractivity contribution in [2.75, 3.05) is 7.11 Å². The van der Waals surface area contributed by atoms with E-state index in [2.05, 4.69) is 18.8 Å². The molecule has 3 heteroatoms. The highest BCUT2D eigenvalue weighted by Crippen LogP contribution is 2.36. The number of nitrogens with zero attached hydrogens (tertiary/aromatic N) is 1. The Morgan fingerprint density at radius 2 is 2.00 bits per heavy atom. The fourth-order valence-electron chi connectivity index (χ4n) is 1.96. The van der Waals surface area contributed by atoms with E-state index in [-0.39, 0.29) is 0 Å². The zero-order chi connectivity index (χ0) is 11.7. The molecule has 1 heterocycles. The minimum absolute atomic E-state index is 0.342. The lowest BCUT2D eigenvalue weighted by Gasteiger charge is -2.14. The summed E-state index contributed by atoms with van der Waals surface area (Å²) in [5.74, 6) is 0.984. The van der Waals surface area contributed by atoms with Gasteiger partial charge in [-0.1, -0.05) is 31.5 Å². The van der Waals surface area contributed by atoms with Gasteiger partial charge in [-0.2, -0.15) is 0 Å². The molecule has 16 heavy (non-hydrogen) atoms. The monoisotopic (exact) mass is 235 g/mol. The van der Waals surface area contributed by atoms with Crippen molar-refractivity contribution in [2.45, 2.75) is 19.8 Å². The molecule has 84 valence electrons. The van der Waals surface area contributed by atoms with Gasteiger partial charge in [0.1, 0.15) is 0 Å². The summed E-state index contributed by atoms with van der Waals surface area (Å²) in [4.78, 5) is 4.23. The van der Waals surface area contributed by atoms with Crippen molar-refractivity contribution in [2.24, 2.45) is 0 Å². The van der Waals surface area contributed by atoms with Crippen LogP contribution < -0.4 is 4.74 Å². The maximum Gasteiger partial charge on any atom is 0.221 e. The second-order valence-electron chi connectivity index (χ2n) is 4.03. The molecule has 1 aromatic heterocycles. The topological polar surface area (TPSA) is 22.1 Å². The molecule has 2 rings (SSSR count). The smallest absolute Gasteiger partial charge is 0.221 e. The molecule has 0 bridgehead atoms. The van der Waals surface area contributed by atoms with Gasteiger partial charge in [-0.05, 0) is 29.0 Å². The zero-order valence-electron chi connectivity index (χ0n) is 9.62. The van der Waals surface area contributed by atoms with Gasteiger partial charge in [-0.15, -0.1) is 0 Å². The van der Waals surface area contributed by atoms with Crippen LogP contribution in [0.15, 0.2) is 24.4 Å². The average molecular weight is 236 g/mol. The predicted molar refractivity (Wildman–Crippen MR) is 67.4 cm³/mol. The highest BCUT2D eigenvalue weighted by Gasteiger charge is 2.14. The van der Waals surface area contributed by atoms with E-state index in [4.69, 9.17) is 16.3 Å². The molecule has 0 aliphatic heterocycles. The van der Waals surface area contributed by atoms with Gasteiger partial charge in [0.15, 0.2) is 0 Å². The quantitative estimate of drug-likeness (QED) is 0.784. The van der Waals surface area contributed by atoms with E-state index in [0.29, 0.717) is 11.8 Å². The average Bonchev–Trinajstić information content (AvgIpc) is 2.27. The maximum atomic E-state index is 6.24. The molecule has 0 N–H and O–H groups in total. The minimum atomic E-state index is 0.342. The largest absolute Gasteiger partial charge is 0.481 e. The summed E-state index contributed by atoms with van der Waals surface area (Å²) in [6.07, 6.45) is 1.75. The second kappa shape index (κ2) is 4.30. The number of ether oxygens (including phenoxy) is 1. The van der Waals surface area contributed by atoms with Crippen molar-refractivity contribution in [3.05, 3.63) is 35.0 Å². The Morgan fingerprint density at radius 3 is 2.62 bits per heavy atom. The van der Waals surface area contributed by atoms with Crippen LogP contribution in [-0.4, -0.2) is 12.1 Å². The third kappa shape index (κ3) is 1.74. The van der Waals surface area contributed by atoms with E-state index < -0.39 is 0 Å². The van der Waals surface area contributed by atoms with Crippen LogP contribution in [0.1, 0.15) is 25.3 Å². The fraction of sp³-hybridized carbons (Fsp3) is 0.308. The van der Waals surface area contributed by atoms with Crippen LogP contribution in [0.4, 0.5) is 0 Å². The van der Waals surface area contributed by atoms with Crippen molar-refractivity contribution in [3.63, 3.8) is 0 Å². The molecule has 1 aromatic carbocycles. The molecule has 2 nitrogen and oxygen atoms in total. The summed E-state index contributed by atoms with van der Waals surface area (Å²) >= 11 is 6.24. The minimum Gasteiger partial charge on any atom is -0.481 e. The van der Waals surface area contributed by atoms with Crippen LogP contribution in [-0.2, 0) is 0 Å². The van der Waals surface area contributed by atoms with E-state index in [1.807, 2.05) is 18.2 Å². The first kappa shape index (κ1) is 11.2. The third-order valence-electron chi connectivity index (χ3n) is 2.65. The van der Waals surface area contributed by atoms with Gasteiger partial charge >= 0.3 is 0 Å². The highest BCUT2D eigenvalue weighted by molar-refractivity contribution is 6.32. The second-order valence-corrected chi connectivity index (χ2v) is 4.44. The van der Waals surface area contributed by atoms with Crippen LogP contribution in [0.2, 0.25) is 5.02 Å². The molecule has 0 radical (unpaired) electrons. The van der Waals surface area contributed by atoms with E-state index in [1.54, 1.807) is 13.3 Å².